The first-order valence-electron chi connectivity index (χ1n) is 5.77. The molecule has 0 spiro atoms. The van der Waals surface area contributed by atoms with Gasteiger partial charge in [0.2, 0.25) is 0 Å². The van der Waals surface area contributed by atoms with Gasteiger partial charge < -0.3 is 0 Å². The van der Waals surface area contributed by atoms with Gasteiger partial charge in [0.05, 0.1) is 0 Å². The molecule has 0 aliphatic heterocycles. The molecule has 0 radical (unpaired) electrons. The van der Waals surface area contributed by atoms with Crippen molar-refractivity contribution in [3.63, 3.8) is 0 Å². The van der Waals surface area contributed by atoms with Crippen molar-refractivity contribution in [1.82, 2.24) is 0 Å². The molecule has 1 aromatic rings. The highest BCUT2D eigenvalue weighted by Gasteiger charge is 2.23. The fraction of sp³-hybridized carbons (Fsp3) is 0.333. The summed E-state index contributed by atoms with van der Waals surface area (Å²) < 4.78 is 12.8. The summed E-state index contributed by atoms with van der Waals surface area (Å²) in [6.45, 7) is 6.57. The maximum Gasteiger partial charge on any atom is 0.123 e. The topological polar surface area (TPSA) is 0 Å². The van der Waals surface area contributed by atoms with E-state index in [0.717, 1.165) is 5.56 Å². The zero-order valence-corrected chi connectivity index (χ0v) is 10.00. The maximum absolute atomic E-state index is 12.8. The fourth-order valence-electron chi connectivity index (χ4n) is 2.07. The van der Waals surface area contributed by atoms with E-state index in [1.807, 2.05) is 12.1 Å². The Balaban J connectivity index is 2.23. The highest BCUT2D eigenvalue weighted by molar-refractivity contribution is 5.79. The SMILES string of the molecule is CC(C)/C=C1/C=C(c2ccc(F)cc2)C1C. The summed E-state index contributed by atoms with van der Waals surface area (Å²) >= 11 is 0. The molecule has 1 heteroatoms. The molecule has 84 valence electrons. The second-order valence-electron chi connectivity index (χ2n) is 4.74. The van der Waals surface area contributed by atoms with Gasteiger partial charge in [-0.2, -0.15) is 0 Å². The van der Waals surface area contributed by atoms with Crippen molar-refractivity contribution in [1.29, 1.82) is 0 Å². The lowest BCUT2D eigenvalue weighted by Gasteiger charge is -2.28. The van der Waals surface area contributed by atoms with Crippen LogP contribution in [0.15, 0.2) is 42.0 Å². The molecule has 0 heterocycles. The van der Waals surface area contributed by atoms with Gasteiger partial charge in [-0.05, 0) is 34.8 Å². The average molecular weight is 216 g/mol. The first-order chi connectivity index (χ1) is 7.58. The Morgan fingerprint density at radius 2 is 1.81 bits per heavy atom. The summed E-state index contributed by atoms with van der Waals surface area (Å²) in [5.74, 6) is 0.894. The van der Waals surface area contributed by atoms with Crippen LogP contribution in [-0.2, 0) is 0 Å². The van der Waals surface area contributed by atoms with Crippen molar-refractivity contribution in [2.75, 3.05) is 0 Å². The highest BCUT2D eigenvalue weighted by Crippen LogP contribution is 2.40. The van der Waals surface area contributed by atoms with Gasteiger partial charge in [0, 0.05) is 5.92 Å². The molecule has 0 aromatic heterocycles. The second kappa shape index (κ2) is 4.25. The summed E-state index contributed by atoms with van der Waals surface area (Å²) in [6.07, 6.45) is 4.50. The van der Waals surface area contributed by atoms with Crippen LogP contribution in [0.4, 0.5) is 4.39 Å². The van der Waals surface area contributed by atoms with Crippen molar-refractivity contribution < 1.29 is 4.39 Å². The number of halogens is 1. The third-order valence-electron chi connectivity index (χ3n) is 2.99. The van der Waals surface area contributed by atoms with Crippen molar-refractivity contribution >= 4 is 5.57 Å². The Labute approximate surface area is 96.5 Å². The zero-order valence-electron chi connectivity index (χ0n) is 10.00. The van der Waals surface area contributed by atoms with Crippen LogP contribution in [0, 0.1) is 17.7 Å². The van der Waals surface area contributed by atoms with Crippen molar-refractivity contribution in [3.05, 3.63) is 53.4 Å². The van der Waals surface area contributed by atoms with Crippen LogP contribution in [0.3, 0.4) is 0 Å². The number of hydrogen-bond acceptors (Lipinski definition) is 0. The highest BCUT2D eigenvalue weighted by atomic mass is 19.1. The van der Waals surface area contributed by atoms with E-state index >= 15 is 0 Å². The normalized spacial score (nSPS) is 22.2. The summed E-state index contributed by atoms with van der Waals surface area (Å²) in [4.78, 5) is 0. The van der Waals surface area contributed by atoms with E-state index < -0.39 is 0 Å². The molecule has 0 bridgehead atoms. The lowest BCUT2D eigenvalue weighted by Crippen LogP contribution is -2.12. The lowest BCUT2D eigenvalue weighted by atomic mass is 9.76. The Bertz CT molecular complexity index is 435. The van der Waals surface area contributed by atoms with E-state index in [0.29, 0.717) is 11.8 Å². The summed E-state index contributed by atoms with van der Waals surface area (Å²) in [6, 6.07) is 6.74. The van der Waals surface area contributed by atoms with E-state index in [-0.39, 0.29) is 5.82 Å². The monoisotopic (exact) mass is 216 g/mol. The van der Waals surface area contributed by atoms with Gasteiger partial charge in [0.1, 0.15) is 5.82 Å². The molecule has 1 aromatic carbocycles. The van der Waals surface area contributed by atoms with E-state index in [2.05, 4.69) is 32.9 Å². The predicted octanol–water partition coefficient (Wildman–Crippen LogP) is 4.44. The van der Waals surface area contributed by atoms with Crippen LogP contribution in [0.2, 0.25) is 0 Å². The minimum Gasteiger partial charge on any atom is -0.207 e. The molecule has 1 atom stereocenters. The standard InChI is InChI=1S/C15H17F/c1-10(2)8-13-9-15(11(13)3)12-4-6-14(16)7-5-12/h4-11H,1-3H3/b13-8-. The fourth-order valence-corrected chi connectivity index (χ4v) is 2.07. The molecule has 1 aliphatic carbocycles. The van der Waals surface area contributed by atoms with Crippen molar-refractivity contribution in [2.24, 2.45) is 11.8 Å². The molecule has 0 nitrogen and oxygen atoms in total. The summed E-state index contributed by atoms with van der Waals surface area (Å²) in [5.41, 5.74) is 3.84. The number of allylic oxidation sites excluding steroid dienone is 4. The van der Waals surface area contributed by atoms with Gasteiger partial charge in [-0.25, -0.2) is 4.39 Å². The van der Waals surface area contributed by atoms with Crippen LogP contribution >= 0.6 is 0 Å². The molecule has 0 saturated heterocycles. The molecule has 0 N–H and O–H groups in total. The van der Waals surface area contributed by atoms with E-state index in [1.54, 1.807) is 0 Å². The summed E-state index contributed by atoms with van der Waals surface area (Å²) in [7, 11) is 0. The largest absolute Gasteiger partial charge is 0.207 e. The molecule has 1 aliphatic rings. The molecular formula is C15H17F. The smallest absolute Gasteiger partial charge is 0.123 e. The molecular weight excluding hydrogens is 199 g/mol. The maximum atomic E-state index is 12.8. The summed E-state index contributed by atoms with van der Waals surface area (Å²) in [5, 5.41) is 0. The Morgan fingerprint density at radius 1 is 1.19 bits per heavy atom. The van der Waals surface area contributed by atoms with E-state index in [1.165, 1.54) is 23.3 Å². The molecule has 2 rings (SSSR count). The minimum absolute atomic E-state index is 0.172. The van der Waals surface area contributed by atoms with Crippen LogP contribution in [0.1, 0.15) is 26.3 Å². The van der Waals surface area contributed by atoms with Gasteiger partial charge in [-0.15, -0.1) is 0 Å². The van der Waals surface area contributed by atoms with Crippen molar-refractivity contribution in [2.45, 2.75) is 20.8 Å². The predicted molar refractivity (Wildman–Crippen MR) is 66.5 cm³/mol. The molecule has 0 saturated carbocycles. The minimum atomic E-state index is -0.172. The number of benzene rings is 1. The number of hydrogen-bond donors (Lipinski definition) is 0. The first kappa shape index (κ1) is 11.1. The quantitative estimate of drug-likeness (QED) is 0.685. The zero-order chi connectivity index (χ0) is 11.7. The molecule has 0 fully saturated rings. The Morgan fingerprint density at radius 3 is 2.31 bits per heavy atom. The van der Waals surface area contributed by atoms with Crippen LogP contribution in [0.25, 0.3) is 5.57 Å². The third kappa shape index (κ3) is 2.08. The number of rotatable bonds is 2. The Kier molecular flexibility index (Phi) is 2.95. The third-order valence-corrected chi connectivity index (χ3v) is 2.99. The van der Waals surface area contributed by atoms with Gasteiger partial charge in [-0.1, -0.05) is 45.1 Å². The van der Waals surface area contributed by atoms with Crippen LogP contribution in [-0.4, -0.2) is 0 Å². The van der Waals surface area contributed by atoms with Gasteiger partial charge >= 0.3 is 0 Å². The second-order valence-corrected chi connectivity index (χ2v) is 4.74. The lowest BCUT2D eigenvalue weighted by molar-refractivity contribution is 0.627. The van der Waals surface area contributed by atoms with Crippen molar-refractivity contribution in [3.8, 4) is 0 Å². The molecule has 16 heavy (non-hydrogen) atoms. The van der Waals surface area contributed by atoms with Gasteiger partial charge in [0.25, 0.3) is 0 Å². The first-order valence-corrected chi connectivity index (χ1v) is 5.77. The van der Waals surface area contributed by atoms with Crippen LogP contribution in [0.5, 0.6) is 0 Å². The molecule has 0 amide bonds. The van der Waals surface area contributed by atoms with Gasteiger partial charge in [0.15, 0.2) is 0 Å². The van der Waals surface area contributed by atoms with Gasteiger partial charge in [-0.3, -0.25) is 0 Å². The Hall–Kier alpha value is -1.37. The van der Waals surface area contributed by atoms with E-state index in [4.69, 9.17) is 0 Å². The van der Waals surface area contributed by atoms with Crippen LogP contribution < -0.4 is 0 Å². The van der Waals surface area contributed by atoms with E-state index in [9.17, 15) is 4.39 Å². The molecule has 1 unspecified atom stereocenters. The average Bonchev–Trinajstić information content (AvgIpc) is 2.25.